The molecule has 76 valence electrons. The molecule has 5 heteroatoms. The van der Waals surface area contributed by atoms with Crippen molar-refractivity contribution in [3.63, 3.8) is 0 Å². The molecule has 0 bridgehead atoms. The van der Waals surface area contributed by atoms with Crippen molar-refractivity contribution < 1.29 is 14.7 Å². The Hall–Kier alpha value is -1.26. The monoisotopic (exact) mass is 188 g/mol. The van der Waals surface area contributed by atoms with Crippen molar-refractivity contribution in [1.29, 1.82) is 0 Å². The SMILES string of the molecule is CC(C)CNC(=O)N[C@H](C)C(=O)O. The van der Waals surface area contributed by atoms with Crippen LogP contribution in [0, 0.1) is 5.92 Å². The van der Waals surface area contributed by atoms with Crippen LogP contribution in [0.5, 0.6) is 0 Å². The molecule has 0 aliphatic rings. The Labute approximate surface area is 77.5 Å². The van der Waals surface area contributed by atoms with Crippen LogP contribution < -0.4 is 10.6 Å². The second-order valence-corrected chi connectivity index (χ2v) is 3.31. The maximum atomic E-state index is 11.0. The van der Waals surface area contributed by atoms with Crippen molar-refractivity contribution in [3.05, 3.63) is 0 Å². The summed E-state index contributed by atoms with van der Waals surface area (Å²) in [5, 5.41) is 13.3. The van der Waals surface area contributed by atoms with Crippen LogP contribution in [0.4, 0.5) is 4.79 Å². The molecule has 1 atom stereocenters. The van der Waals surface area contributed by atoms with Crippen molar-refractivity contribution in [1.82, 2.24) is 10.6 Å². The number of carboxylic acid groups (broad SMARTS) is 1. The molecule has 0 heterocycles. The summed E-state index contributed by atoms with van der Waals surface area (Å²) in [7, 11) is 0. The summed E-state index contributed by atoms with van der Waals surface area (Å²) >= 11 is 0. The molecule has 0 spiro atoms. The number of hydrogen-bond acceptors (Lipinski definition) is 2. The summed E-state index contributed by atoms with van der Waals surface area (Å²) in [6.07, 6.45) is 0. The highest BCUT2D eigenvalue weighted by molar-refractivity contribution is 5.82. The van der Waals surface area contributed by atoms with Gasteiger partial charge in [0, 0.05) is 6.54 Å². The van der Waals surface area contributed by atoms with E-state index < -0.39 is 18.0 Å². The number of rotatable bonds is 4. The van der Waals surface area contributed by atoms with Gasteiger partial charge in [-0.25, -0.2) is 4.79 Å². The number of aliphatic carboxylic acids is 1. The molecule has 0 rings (SSSR count). The Kier molecular flexibility index (Phi) is 4.87. The number of carbonyl (C=O) groups excluding carboxylic acids is 1. The number of nitrogens with one attached hydrogen (secondary N) is 2. The van der Waals surface area contributed by atoms with Gasteiger partial charge < -0.3 is 15.7 Å². The van der Waals surface area contributed by atoms with Crippen LogP contribution in [0.25, 0.3) is 0 Å². The van der Waals surface area contributed by atoms with E-state index in [-0.39, 0.29) is 0 Å². The van der Waals surface area contributed by atoms with Gasteiger partial charge >= 0.3 is 12.0 Å². The molecule has 5 nitrogen and oxygen atoms in total. The largest absolute Gasteiger partial charge is 0.480 e. The van der Waals surface area contributed by atoms with E-state index in [4.69, 9.17) is 5.11 Å². The molecule has 0 saturated carbocycles. The number of urea groups is 1. The Bertz CT molecular complexity index is 192. The fraction of sp³-hybridized carbons (Fsp3) is 0.750. The summed E-state index contributed by atoms with van der Waals surface area (Å²) in [6, 6.07) is -1.30. The van der Waals surface area contributed by atoms with Gasteiger partial charge in [0.1, 0.15) is 6.04 Å². The average molecular weight is 188 g/mol. The van der Waals surface area contributed by atoms with Gasteiger partial charge in [-0.05, 0) is 12.8 Å². The Morgan fingerprint density at radius 1 is 1.31 bits per heavy atom. The number of carboxylic acids is 1. The highest BCUT2D eigenvalue weighted by Gasteiger charge is 2.13. The summed E-state index contributed by atoms with van der Waals surface area (Å²) in [5.41, 5.74) is 0. The van der Waals surface area contributed by atoms with E-state index in [0.29, 0.717) is 12.5 Å². The van der Waals surface area contributed by atoms with E-state index in [1.54, 1.807) is 0 Å². The number of hydrogen-bond donors (Lipinski definition) is 3. The topological polar surface area (TPSA) is 78.4 Å². The van der Waals surface area contributed by atoms with Crippen LogP contribution in [0.15, 0.2) is 0 Å². The minimum Gasteiger partial charge on any atom is -0.480 e. The van der Waals surface area contributed by atoms with Gasteiger partial charge in [0.05, 0.1) is 0 Å². The minimum atomic E-state index is -1.04. The molecule has 0 aliphatic heterocycles. The van der Waals surface area contributed by atoms with Crippen LogP contribution in [-0.2, 0) is 4.79 Å². The average Bonchev–Trinajstić information content (AvgIpc) is 2.00. The van der Waals surface area contributed by atoms with Gasteiger partial charge in [-0.1, -0.05) is 13.8 Å². The molecule has 0 saturated heterocycles. The first-order valence-electron chi connectivity index (χ1n) is 4.20. The van der Waals surface area contributed by atoms with Crippen molar-refractivity contribution in [2.24, 2.45) is 5.92 Å². The van der Waals surface area contributed by atoms with Gasteiger partial charge in [-0.3, -0.25) is 4.79 Å². The number of carbonyl (C=O) groups is 2. The predicted octanol–water partition coefficient (Wildman–Crippen LogP) is 0.415. The Balaban J connectivity index is 3.68. The van der Waals surface area contributed by atoms with E-state index in [0.717, 1.165) is 0 Å². The van der Waals surface area contributed by atoms with Gasteiger partial charge in [-0.15, -0.1) is 0 Å². The third-order valence-electron chi connectivity index (χ3n) is 1.39. The zero-order chi connectivity index (χ0) is 10.4. The Morgan fingerprint density at radius 3 is 2.23 bits per heavy atom. The zero-order valence-electron chi connectivity index (χ0n) is 8.13. The van der Waals surface area contributed by atoms with Crippen LogP contribution in [0.3, 0.4) is 0 Å². The van der Waals surface area contributed by atoms with E-state index in [1.807, 2.05) is 13.8 Å². The molecule has 0 aromatic heterocycles. The molecule has 0 fully saturated rings. The lowest BCUT2D eigenvalue weighted by Gasteiger charge is -2.11. The highest BCUT2D eigenvalue weighted by atomic mass is 16.4. The smallest absolute Gasteiger partial charge is 0.325 e. The van der Waals surface area contributed by atoms with Crippen LogP contribution in [0.2, 0.25) is 0 Å². The van der Waals surface area contributed by atoms with Crippen molar-refractivity contribution >= 4 is 12.0 Å². The van der Waals surface area contributed by atoms with Crippen molar-refractivity contribution in [3.8, 4) is 0 Å². The zero-order valence-corrected chi connectivity index (χ0v) is 8.13. The first kappa shape index (κ1) is 11.7. The molecule has 0 aromatic carbocycles. The molecule has 13 heavy (non-hydrogen) atoms. The lowest BCUT2D eigenvalue weighted by Crippen LogP contribution is -2.45. The van der Waals surface area contributed by atoms with E-state index >= 15 is 0 Å². The maximum absolute atomic E-state index is 11.0. The third kappa shape index (κ3) is 5.95. The minimum absolute atomic E-state index is 0.353. The first-order valence-corrected chi connectivity index (χ1v) is 4.20. The van der Waals surface area contributed by atoms with Gasteiger partial charge in [-0.2, -0.15) is 0 Å². The molecule has 0 aromatic rings. The Morgan fingerprint density at radius 2 is 1.85 bits per heavy atom. The molecule has 0 unspecified atom stereocenters. The number of amides is 2. The summed E-state index contributed by atoms with van der Waals surface area (Å²) < 4.78 is 0. The molecular weight excluding hydrogens is 172 g/mol. The molecule has 3 N–H and O–H groups in total. The van der Waals surface area contributed by atoms with Crippen LogP contribution in [0.1, 0.15) is 20.8 Å². The summed E-state index contributed by atoms with van der Waals surface area (Å²) in [6.45, 7) is 5.87. The van der Waals surface area contributed by atoms with Crippen LogP contribution >= 0.6 is 0 Å². The molecule has 0 aliphatic carbocycles. The third-order valence-corrected chi connectivity index (χ3v) is 1.39. The lowest BCUT2D eigenvalue weighted by atomic mass is 10.2. The van der Waals surface area contributed by atoms with Crippen molar-refractivity contribution in [2.45, 2.75) is 26.8 Å². The molecular formula is C8H16N2O3. The van der Waals surface area contributed by atoms with E-state index in [9.17, 15) is 9.59 Å². The lowest BCUT2D eigenvalue weighted by molar-refractivity contribution is -0.138. The fourth-order valence-electron chi connectivity index (χ4n) is 0.606. The van der Waals surface area contributed by atoms with E-state index in [2.05, 4.69) is 10.6 Å². The molecule has 0 radical (unpaired) electrons. The van der Waals surface area contributed by atoms with Crippen molar-refractivity contribution in [2.75, 3.05) is 6.54 Å². The fourth-order valence-corrected chi connectivity index (χ4v) is 0.606. The van der Waals surface area contributed by atoms with Crippen LogP contribution in [-0.4, -0.2) is 29.7 Å². The van der Waals surface area contributed by atoms with Gasteiger partial charge in [0.2, 0.25) is 0 Å². The maximum Gasteiger partial charge on any atom is 0.325 e. The quantitative estimate of drug-likeness (QED) is 0.598. The van der Waals surface area contributed by atoms with E-state index in [1.165, 1.54) is 6.92 Å². The van der Waals surface area contributed by atoms with Gasteiger partial charge in [0.25, 0.3) is 0 Å². The normalized spacial score (nSPS) is 12.3. The summed E-state index contributed by atoms with van der Waals surface area (Å²) in [5.74, 6) is -0.689. The highest BCUT2D eigenvalue weighted by Crippen LogP contribution is 1.87. The second kappa shape index (κ2) is 5.40. The molecule has 2 amide bonds. The predicted molar refractivity (Wildman–Crippen MR) is 48.5 cm³/mol. The summed E-state index contributed by atoms with van der Waals surface area (Å²) in [4.78, 5) is 21.3. The second-order valence-electron chi connectivity index (χ2n) is 3.31. The standard InChI is InChI=1S/C8H16N2O3/c1-5(2)4-9-8(13)10-6(3)7(11)12/h5-6H,4H2,1-3H3,(H,11,12)(H2,9,10,13)/t6-/m1/s1. The van der Waals surface area contributed by atoms with Gasteiger partial charge in [0.15, 0.2) is 0 Å². The first-order chi connectivity index (χ1) is 5.93.